The van der Waals surface area contributed by atoms with Crippen LogP contribution in [0.2, 0.25) is 0 Å². The molecule has 2 fully saturated rings. The third-order valence-electron chi connectivity index (χ3n) is 5.33. The predicted octanol–water partition coefficient (Wildman–Crippen LogP) is 1.50. The smallest absolute Gasteiger partial charge is 0.309 e. The number of fused-ring (bicyclic) bond motifs is 2. The molecule has 0 spiro atoms. The number of hydrogen-bond donors (Lipinski definition) is 2. The zero-order chi connectivity index (χ0) is 17.0. The normalized spacial score (nSPS) is 27.8. The Morgan fingerprint density at radius 1 is 1.29 bits per heavy atom. The number of ether oxygens (including phenoxy) is 1. The predicted molar refractivity (Wildman–Crippen MR) is 86.3 cm³/mol. The van der Waals surface area contributed by atoms with Crippen LogP contribution in [0.25, 0.3) is 11.0 Å². The Hall–Kier alpha value is -2.44. The fraction of sp³-hybridized carbons (Fsp3) is 0.529. The lowest BCUT2D eigenvalue weighted by molar-refractivity contribution is -0.146. The summed E-state index contributed by atoms with van der Waals surface area (Å²) in [4.78, 5) is 29.0. The lowest BCUT2D eigenvalue weighted by Gasteiger charge is -2.17. The second kappa shape index (κ2) is 5.29. The first-order valence-corrected chi connectivity index (χ1v) is 8.20. The summed E-state index contributed by atoms with van der Waals surface area (Å²) in [6.07, 6.45) is 1.64. The lowest BCUT2D eigenvalue weighted by Crippen LogP contribution is -2.36. The maximum Gasteiger partial charge on any atom is 0.309 e. The van der Waals surface area contributed by atoms with E-state index in [9.17, 15) is 9.59 Å². The SMILES string of the molecule is COC(=O)[C@@H]1C[C@H](NC(=O)c2cc(C)nc3n[nH]c(C)c23)[C@H]2C[C@H]21. The Kier molecular flexibility index (Phi) is 3.33. The highest BCUT2D eigenvalue weighted by Crippen LogP contribution is 2.55. The van der Waals surface area contributed by atoms with Gasteiger partial charge in [0.2, 0.25) is 0 Å². The molecule has 0 bridgehead atoms. The van der Waals surface area contributed by atoms with E-state index in [0.29, 0.717) is 29.5 Å². The van der Waals surface area contributed by atoms with E-state index in [0.717, 1.165) is 23.2 Å². The van der Waals surface area contributed by atoms with Crippen molar-refractivity contribution in [2.45, 2.75) is 32.7 Å². The van der Waals surface area contributed by atoms with Gasteiger partial charge in [0.05, 0.1) is 24.0 Å². The second-order valence-electron chi connectivity index (χ2n) is 6.87. The molecule has 2 aliphatic carbocycles. The van der Waals surface area contributed by atoms with E-state index < -0.39 is 0 Å². The van der Waals surface area contributed by atoms with E-state index in [1.807, 2.05) is 13.8 Å². The Balaban J connectivity index is 1.58. The molecule has 0 aromatic carbocycles. The average molecular weight is 328 g/mol. The van der Waals surface area contributed by atoms with Crippen molar-refractivity contribution in [1.82, 2.24) is 20.5 Å². The first-order valence-electron chi connectivity index (χ1n) is 8.20. The molecule has 0 aliphatic heterocycles. The van der Waals surface area contributed by atoms with Crippen LogP contribution in [0.5, 0.6) is 0 Å². The number of carbonyl (C=O) groups excluding carboxylic acids is 2. The molecular formula is C17H20N4O3. The average Bonchev–Trinajstić information content (AvgIpc) is 3.16. The number of esters is 1. The maximum absolute atomic E-state index is 12.8. The van der Waals surface area contributed by atoms with Gasteiger partial charge in [-0.2, -0.15) is 5.10 Å². The van der Waals surface area contributed by atoms with Gasteiger partial charge in [-0.05, 0) is 44.6 Å². The first-order chi connectivity index (χ1) is 11.5. The Labute approximate surface area is 139 Å². The second-order valence-corrected chi connectivity index (χ2v) is 6.87. The van der Waals surface area contributed by atoms with Crippen LogP contribution in [0.1, 0.15) is 34.6 Å². The van der Waals surface area contributed by atoms with E-state index in [2.05, 4.69) is 20.5 Å². The Bertz CT molecular complexity index is 844. The highest BCUT2D eigenvalue weighted by atomic mass is 16.5. The Morgan fingerprint density at radius 2 is 2.08 bits per heavy atom. The molecule has 24 heavy (non-hydrogen) atoms. The van der Waals surface area contributed by atoms with E-state index in [4.69, 9.17) is 4.74 Å². The molecule has 0 unspecified atom stereocenters. The number of aromatic amines is 1. The van der Waals surface area contributed by atoms with Crippen LogP contribution in [0, 0.1) is 31.6 Å². The maximum atomic E-state index is 12.8. The number of carbonyl (C=O) groups is 2. The van der Waals surface area contributed by atoms with Crippen LogP contribution >= 0.6 is 0 Å². The van der Waals surface area contributed by atoms with E-state index in [1.165, 1.54) is 7.11 Å². The van der Waals surface area contributed by atoms with Gasteiger partial charge >= 0.3 is 5.97 Å². The van der Waals surface area contributed by atoms with E-state index in [1.54, 1.807) is 6.07 Å². The van der Waals surface area contributed by atoms with Gasteiger partial charge in [-0.15, -0.1) is 0 Å². The number of aryl methyl sites for hydroxylation is 2. The topological polar surface area (TPSA) is 97.0 Å². The molecule has 2 aliphatic rings. The largest absolute Gasteiger partial charge is 0.469 e. The van der Waals surface area contributed by atoms with Crippen molar-refractivity contribution >= 4 is 22.9 Å². The van der Waals surface area contributed by atoms with Gasteiger partial charge in [0, 0.05) is 17.4 Å². The van der Waals surface area contributed by atoms with Gasteiger partial charge in [0.1, 0.15) is 0 Å². The summed E-state index contributed by atoms with van der Waals surface area (Å²) in [5.74, 6) is 0.378. The number of hydrogen-bond acceptors (Lipinski definition) is 5. The Morgan fingerprint density at radius 3 is 2.83 bits per heavy atom. The van der Waals surface area contributed by atoms with Gasteiger partial charge in [0.25, 0.3) is 5.91 Å². The summed E-state index contributed by atoms with van der Waals surface area (Å²) in [5, 5.41) is 10.9. The molecule has 0 radical (unpaired) electrons. The van der Waals surface area contributed by atoms with E-state index in [-0.39, 0.29) is 23.8 Å². The minimum atomic E-state index is -0.160. The van der Waals surface area contributed by atoms with Crippen molar-refractivity contribution in [3.05, 3.63) is 23.0 Å². The molecule has 1 amide bonds. The number of nitrogens with zero attached hydrogens (tertiary/aromatic N) is 2. The molecule has 2 saturated carbocycles. The van der Waals surface area contributed by atoms with Gasteiger partial charge < -0.3 is 10.1 Å². The van der Waals surface area contributed by atoms with Gasteiger partial charge in [-0.3, -0.25) is 14.7 Å². The number of amides is 1. The minimum absolute atomic E-state index is 0.0299. The van der Waals surface area contributed by atoms with Crippen molar-refractivity contribution in [1.29, 1.82) is 0 Å². The molecule has 126 valence electrons. The molecule has 2 N–H and O–H groups in total. The molecule has 4 rings (SSSR count). The highest BCUT2D eigenvalue weighted by Gasteiger charge is 2.57. The van der Waals surface area contributed by atoms with Crippen molar-refractivity contribution in [3.63, 3.8) is 0 Å². The van der Waals surface area contributed by atoms with Crippen molar-refractivity contribution in [3.8, 4) is 0 Å². The molecule has 0 saturated heterocycles. The summed E-state index contributed by atoms with van der Waals surface area (Å²) in [6, 6.07) is 1.82. The fourth-order valence-electron chi connectivity index (χ4n) is 4.10. The van der Waals surface area contributed by atoms with Gasteiger partial charge in [-0.1, -0.05) is 0 Å². The molecular weight excluding hydrogens is 308 g/mol. The number of H-pyrrole nitrogens is 1. The van der Waals surface area contributed by atoms with Crippen LogP contribution in [-0.4, -0.2) is 40.2 Å². The summed E-state index contributed by atoms with van der Waals surface area (Å²) >= 11 is 0. The van der Waals surface area contributed by atoms with Crippen LogP contribution in [0.15, 0.2) is 6.07 Å². The number of methoxy groups -OCH3 is 1. The number of rotatable bonds is 3. The minimum Gasteiger partial charge on any atom is -0.469 e. The summed E-state index contributed by atoms with van der Waals surface area (Å²) < 4.78 is 4.88. The van der Waals surface area contributed by atoms with Crippen molar-refractivity contribution in [2.75, 3.05) is 7.11 Å². The van der Waals surface area contributed by atoms with E-state index >= 15 is 0 Å². The highest BCUT2D eigenvalue weighted by molar-refractivity contribution is 6.06. The molecule has 7 heteroatoms. The molecule has 2 aromatic rings. The number of aromatic nitrogens is 3. The zero-order valence-corrected chi connectivity index (χ0v) is 13.9. The van der Waals surface area contributed by atoms with Crippen molar-refractivity contribution in [2.24, 2.45) is 17.8 Å². The summed E-state index contributed by atoms with van der Waals surface area (Å²) in [7, 11) is 1.42. The first kappa shape index (κ1) is 15.1. The van der Waals surface area contributed by atoms with Crippen LogP contribution in [0.3, 0.4) is 0 Å². The van der Waals surface area contributed by atoms with Crippen molar-refractivity contribution < 1.29 is 14.3 Å². The third-order valence-corrected chi connectivity index (χ3v) is 5.33. The summed E-state index contributed by atoms with van der Waals surface area (Å²) in [5.41, 5.74) is 2.72. The van der Waals surface area contributed by atoms with Crippen LogP contribution < -0.4 is 5.32 Å². The fourth-order valence-corrected chi connectivity index (χ4v) is 4.10. The van der Waals surface area contributed by atoms with Gasteiger partial charge in [-0.25, -0.2) is 4.98 Å². The zero-order valence-electron chi connectivity index (χ0n) is 13.9. The number of pyridine rings is 1. The molecule has 4 atom stereocenters. The quantitative estimate of drug-likeness (QED) is 0.832. The molecule has 2 aromatic heterocycles. The molecule has 7 nitrogen and oxygen atoms in total. The van der Waals surface area contributed by atoms with Crippen LogP contribution in [-0.2, 0) is 9.53 Å². The summed E-state index contributed by atoms with van der Waals surface area (Å²) in [6.45, 7) is 3.73. The standard InChI is InChI=1S/C17H20N4O3/c1-7-4-12(14-8(2)20-21-15(14)18-7)16(22)19-13-6-11(17(23)24-3)9-5-10(9)13/h4,9-11,13H,5-6H2,1-3H3,(H,19,22)(H,18,20,21)/t9-,10+,11-,13+/m1/s1. The van der Waals surface area contributed by atoms with Crippen LogP contribution in [0.4, 0.5) is 0 Å². The van der Waals surface area contributed by atoms with Gasteiger partial charge in [0.15, 0.2) is 5.65 Å². The molecule has 2 heterocycles. The number of nitrogens with one attached hydrogen (secondary N) is 2. The lowest BCUT2D eigenvalue weighted by atomic mass is 10.0. The third kappa shape index (κ3) is 2.26. The monoisotopic (exact) mass is 328 g/mol.